The normalized spacial score (nSPS) is 36.2. The van der Waals surface area contributed by atoms with Gasteiger partial charge in [-0.3, -0.25) is 9.59 Å². The van der Waals surface area contributed by atoms with Gasteiger partial charge in [0.2, 0.25) is 11.6 Å². The van der Waals surface area contributed by atoms with Crippen molar-refractivity contribution in [2.24, 2.45) is 28.7 Å². The SMILES string of the molecule is C=C1CCC[C@]2(N)C1CC[C@H](C)C2CC1=C(N=O)C(O)=CC(=O)C1=O. The minimum Gasteiger partial charge on any atom is -0.505 e. The largest absolute Gasteiger partial charge is 0.505 e. The summed E-state index contributed by atoms with van der Waals surface area (Å²) in [7, 11) is 0. The minimum atomic E-state index is -0.820. The molecule has 2 unspecified atom stereocenters. The molecule has 0 amide bonds. The third kappa shape index (κ3) is 2.78. The summed E-state index contributed by atoms with van der Waals surface area (Å²) in [6, 6.07) is 0. The zero-order valence-electron chi connectivity index (χ0n) is 14.5. The molecule has 0 aromatic rings. The van der Waals surface area contributed by atoms with Crippen molar-refractivity contribution in [1.29, 1.82) is 0 Å². The second-order valence-electron chi connectivity index (χ2n) is 7.68. The highest BCUT2D eigenvalue weighted by Gasteiger charge is 2.50. The third-order valence-corrected chi connectivity index (χ3v) is 6.35. The van der Waals surface area contributed by atoms with E-state index in [4.69, 9.17) is 5.73 Å². The van der Waals surface area contributed by atoms with E-state index in [0.29, 0.717) is 0 Å². The van der Waals surface area contributed by atoms with Gasteiger partial charge in [-0.2, -0.15) is 0 Å². The summed E-state index contributed by atoms with van der Waals surface area (Å²) in [6.07, 6.45) is 5.62. The van der Waals surface area contributed by atoms with Crippen LogP contribution in [0.2, 0.25) is 0 Å². The third-order valence-electron chi connectivity index (χ3n) is 6.35. The van der Waals surface area contributed by atoms with Crippen molar-refractivity contribution in [3.05, 3.63) is 40.2 Å². The summed E-state index contributed by atoms with van der Waals surface area (Å²) >= 11 is 0. The summed E-state index contributed by atoms with van der Waals surface area (Å²) in [4.78, 5) is 35.3. The van der Waals surface area contributed by atoms with Gasteiger partial charge in [0, 0.05) is 17.2 Å². The summed E-state index contributed by atoms with van der Waals surface area (Å²) in [5, 5.41) is 12.7. The lowest BCUT2D eigenvalue weighted by Crippen LogP contribution is -2.60. The van der Waals surface area contributed by atoms with Crippen LogP contribution in [0.4, 0.5) is 0 Å². The molecule has 6 heteroatoms. The zero-order chi connectivity index (χ0) is 18.4. The lowest BCUT2D eigenvalue weighted by atomic mass is 9.54. The number of nitrogens with two attached hydrogens (primary N) is 1. The molecular formula is C19H24N2O4. The van der Waals surface area contributed by atoms with Crippen molar-refractivity contribution >= 4 is 11.6 Å². The molecule has 3 N–H and O–H groups in total. The molecule has 0 aliphatic heterocycles. The first kappa shape index (κ1) is 17.7. The number of hydrogen-bond donors (Lipinski definition) is 2. The second-order valence-corrected chi connectivity index (χ2v) is 7.68. The summed E-state index contributed by atoms with van der Waals surface area (Å²) < 4.78 is 0. The molecule has 134 valence electrons. The van der Waals surface area contributed by atoms with Crippen molar-refractivity contribution in [2.45, 2.75) is 51.0 Å². The van der Waals surface area contributed by atoms with Gasteiger partial charge in [-0.25, -0.2) is 0 Å². The van der Waals surface area contributed by atoms with E-state index in [0.717, 1.165) is 43.8 Å². The summed E-state index contributed by atoms with van der Waals surface area (Å²) in [5.41, 5.74) is 7.17. The lowest BCUT2D eigenvalue weighted by molar-refractivity contribution is -0.132. The molecule has 3 aliphatic carbocycles. The number of nitrogens with zero attached hydrogens (tertiary/aromatic N) is 1. The van der Waals surface area contributed by atoms with Gasteiger partial charge >= 0.3 is 0 Å². The Morgan fingerprint density at radius 1 is 1.40 bits per heavy atom. The van der Waals surface area contributed by atoms with Crippen molar-refractivity contribution < 1.29 is 14.7 Å². The van der Waals surface area contributed by atoms with E-state index in [1.807, 2.05) is 0 Å². The lowest BCUT2D eigenvalue weighted by Gasteiger charge is -2.53. The van der Waals surface area contributed by atoms with E-state index in [-0.39, 0.29) is 35.4 Å². The molecule has 6 nitrogen and oxygen atoms in total. The molecule has 0 spiro atoms. The van der Waals surface area contributed by atoms with Gasteiger partial charge in [0.25, 0.3) is 0 Å². The molecule has 0 saturated heterocycles. The molecule has 25 heavy (non-hydrogen) atoms. The first-order valence-corrected chi connectivity index (χ1v) is 8.82. The molecule has 3 aliphatic rings. The fraction of sp³-hybridized carbons (Fsp3) is 0.579. The van der Waals surface area contributed by atoms with Crippen LogP contribution in [-0.2, 0) is 9.59 Å². The average molecular weight is 344 g/mol. The number of rotatable bonds is 3. The number of hydrogen-bond acceptors (Lipinski definition) is 6. The number of Topliss-reactive ketones (excluding diaryl/α,β-unsaturated/α-hetero) is 1. The number of fused-ring (bicyclic) bond motifs is 1. The average Bonchev–Trinajstić information content (AvgIpc) is 2.55. The maximum atomic E-state index is 12.3. The second kappa shape index (κ2) is 6.33. The Hall–Kier alpha value is -2.08. The number of aliphatic hydroxyl groups is 1. The Kier molecular flexibility index (Phi) is 4.49. The molecule has 4 atom stereocenters. The monoisotopic (exact) mass is 344 g/mol. The van der Waals surface area contributed by atoms with Gasteiger partial charge in [-0.05, 0) is 61.5 Å². The Bertz CT molecular complexity index is 721. The van der Waals surface area contributed by atoms with Crippen LogP contribution >= 0.6 is 0 Å². The van der Waals surface area contributed by atoms with Crippen LogP contribution in [0.25, 0.3) is 0 Å². The molecule has 0 aromatic carbocycles. The number of aliphatic hydroxyl groups excluding tert-OH is 1. The van der Waals surface area contributed by atoms with Crippen molar-refractivity contribution in [3.63, 3.8) is 0 Å². The molecule has 2 fully saturated rings. The Balaban J connectivity index is 2.00. The molecule has 3 rings (SSSR count). The highest BCUT2D eigenvalue weighted by molar-refractivity contribution is 6.48. The van der Waals surface area contributed by atoms with Crippen molar-refractivity contribution in [1.82, 2.24) is 0 Å². The molecule has 0 radical (unpaired) electrons. The van der Waals surface area contributed by atoms with E-state index < -0.39 is 22.9 Å². The van der Waals surface area contributed by atoms with Crippen molar-refractivity contribution in [3.8, 4) is 0 Å². The van der Waals surface area contributed by atoms with Crippen LogP contribution in [0, 0.1) is 22.7 Å². The maximum absolute atomic E-state index is 12.3. The van der Waals surface area contributed by atoms with Crippen molar-refractivity contribution in [2.75, 3.05) is 0 Å². The minimum absolute atomic E-state index is 0.00138. The van der Waals surface area contributed by atoms with Gasteiger partial charge in [-0.1, -0.05) is 19.1 Å². The topological polar surface area (TPSA) is 110 Å². The molecule has 0 aromatic heterocycles. The van der Waals surface area contributed by atoms with Gasteiger partial charge < -0.3 is 10.8 Å². The number of allylic oxidation sites excluding steroid dienone is 2. The first-order chi connectivity index (χ1) is 11.8. The highest BCUT2D eigenvalue weighted by Crippen LogP contribution is 2.51. The van der Waals surface area contributed by atoms with Crippen LogP contribution in [0.1, 0.15) is 45.4 Å². The highest BCUT2D eigenvalue weighted by atomic mass is 16.3. The fourth-order valence-corrected chi connectivity index (χ4v) is 5.00. The predicted octanol–water partition coefficient (Wildman–Crippen LogP) is 3.09. The number of nitroso groups, excluding NO2 is 1. The molecular weight excluding hydrogens is 320 g/mol. The van der Waals surface area contributed by atoms with Crippen LogP contribution in [0.3, 0.4) is 0 Å². The zero-order valence-corrected chi connectivity index (χ0v) is 14.5. The van der Waals surface area contributed by atoms with Gasteiger partial charge in [0.15, 0.2) is 5.70 Å². The number of carbonyl (C=O) groups is 2. The van der Waals surface area contributed by atoms with Gasteiger partial charge in [0.1, 0.15) is 5.76 Å². The standard InChI is InChI=1S/C19H24N2O4/c1-10-4-3-7-19(20)13(10)6-5-11(2)14(19)8-12-17(21-25)15(22)9-16(23)18(12)24/h9,11,13-14,22H,1,3-8,20H2,2H3/t11-,13?,14?,19-/m0/s1. The maximum Gasteiger partial charge on any atom is 0.231 e. The van der Waals surface area contributed by atoms with Crippen LogP contribution in [-0.4, -0.2) is 22.2 Å². The predicted molar refractivity (Wildman–Crippen MR) is 93.5 cm³/mol. The van der Waals surface area contributed by atoms with E-state index in [1.54, 1.807) is 0 Å². The quantitative estimate of drug-likeness (QED) is 0.354. The smallest absolute Gasteiger partial charge is 0.231 e. The van der Waals surface area contributed by atoms with E-state index in [2.05, 4.69) is 18.7 Å². The number of ketones is 2. The summed E-state index contributed by atoms with van der Waals surface area (Å²) in [6.45, 7) is 6.28. The summed E-state index contributed by atoms with van der Waals surface area (Å²) in [5.74, 6) is -1.76. The van der Waals surface area contributed by atoms with Crippen LogP contribution in [0.15, 0.2) is 40.4 Å². The fourth-order valence-electron chi connectivity index (χ4n) is 5.00. The first-order valence-electron chi connectivity index (χ1n) is 8.82. The number of carbonyl (C=O) groups excluding carboxylic acids is 2. The van der Waals surface area contributed by atoms with Gasteiger partial charge in [0.05, 0.1) is 0 Å². The van der Waals surface area contributed by atoms with E-state index in [1.165, 1.54) is 0 Å². The van der Waals surface area contributed by atoms with E-state index >= 15 is 0 Å². The Labute approximate surface area is 146 Å². The molecule has 0 bridgehead atoms. The van der Waals surface area contributed by atoms with Crippen LogP contribution in [0.5, 0.6) is 0 Å². The molecule has 2 saturated carbocycles. The van der Waals surface area contributed by atoms with Crippen LogP contribution < -0.4 is 5.73 Å². The van der Waals surface area contributed by atoms with Gasteiger partial charge in [-0.15, -0.1) is 4.91 Å². The molecule has 0 heterocycles. The Morgan fingerprint density at radius 3 is 2.80 bits per heavy atom. The van der Waals surface area contributed by atoms with E-state index in [9.17, 15) is 19.6 Å². The Morgan fingerprint density at radius 2 is 2.12 bits per heavy atom.